The molecule has 1 aromatic carbocycles. The Morgan fingerprint density at radius 1 is 1.37 bits per heavy atom. The number of hydrogen-bond donors (Lipinski definition) is 1. The van der Waals surface area contributed by atoms with Crippen LogP contribution in [0.1, 0.15) is 13.8 Å². The summed E-state index contributed by atoms with van der Waals surface area (Å²) in [4.78, 5) is 2.44. The first-order valence-corrected chi connectivity index (χ1v) is 7.36. The highest BCUT2D eigenvalue weighted by molar-refractivity contribution is 6.42. The molecule has 0 aliphatic carbocycles. The van der Waals surface area contributed by atoms with Crippen molar-refractivity contribution in [2.24, 2.45) is 0 Å². The first kappa shape index (κ1) is 14.9. The summed E-state index contributed by atoms with van der Waals surface area (Å²) in [6, 6.07) is 6.13. The lowest BCUT2D eigenvalue weighted by atomic mass is 10.2. The van der Waals surface area contributed by atoms with Gasteiger partial charge in [-0.25, -0.2) is 0 Å². The van der Waals surface area contributed by atoms with Crippen molar-refractivity contribution in [3.8, 4) is 0 Å². The fourth-order valence-electron chi connectivity index (χ4n) is 2.17. The molecule has 3 nitrogen and oxygen atoms in total. The minimum Gasteiger partial charge on any atom is -0.382 e. The highest BCUT2D eigenvalue weighted by Gasteiger charge is 2.21. The third-order valence-corrected chi connectivity index (χ3v) is 4.09. The lowest BCUT2D eigenvalue weighted by Gasteiger charge is -2.35. The number of nitrogens with zero attached hydrogens (tertiary/aromatic N) is 1. The SMILES string of the molecule is CC(C)N1CCOC(CNc2ccc(Cl)c(Cl)c2)C1. The molecule has 1 aliphatic heterocycles. The minimum absolute atomic E-state index is 0.214. The molecule has 0 aromatic heterocycles. The first-order valence-electron chi connectivity index (χ1n) is 6.61. The molecule has 1 N–H and O–H groups in total. The summed E-state index contributed by atoms with van der Waals surface area (Å²) in [5.41, 5.74) is 0.972. The van der Waals surface area contributed by atoms with Crippen LogP contribution in [0.5, 0.6) is 0 Å². The molecule has 0 amide bonds. The average Bonchev–Trinajstić information content (AvgIpc) is 2.40. The molecule has 0 bridgehead atoms. The van der Waals surface area contributed by atoms with Crippen LogP contribution in [-0.4, -0.2) is 43.3 Å². The van der Waals surface area contributed by atoms with Crippen molar-refractivity contribution in [2.45, 2.75) is 26.0 Å². The van der Waals surface area contributed by atoms with E-state index in [0.717, 1.165) is 31.9 Å². The largest absolute Gasteiger partial charge is 0.382 e. The number of hydrogen-bond acceptors (Lipinski definition) is 3. The quantitative estimate of drug-likeness (QED) is 0.921. The molecular formula is C14H20Cl2N2O. The maximum absolute atomic E-state index is 5.99. The molecule has 1 aromatic rings. The Hall–Kier alpha value is -0.480. The summed E-state index contributed by atoms with van der Waals surface area (Å²) in [6.45, 7) is 7.99. The van der Waals surface area contributed by atoms with E-state index in [1.165, 1.54) is 0 Å². The molecular weight excluding hydrogens is 283 g/mol. The van der Waals surface area contributed by atoms with E-state index >= 15 is 0 Å². The van der Waals surface area contributed by atoms with E-state index in [-0.39, 0.29) is 6.10 Å². The van der Waals surface area contributed by atoms with E-state index in [1.54, 1.807) is 6.07 Å². The Balaban J connectivity index is 1.86. The predicted octanol–water partition coefficient (Wildman–Crippen LogP) is 3.51. The molecule has 0 saturated carbocycles. The summed E-state index contributed by atoms with van der Waals surface area (Å²) in [5, 5.41) is 4.49. The number of halogens is 2. The van der Waals surface area contributed by atoms with Crippen LogP contribution in [0.15, 0.2) is 18.2 Å². The smallest absolute Gasteiger partial charge is 0.0874 e. The Morgan fingerprint density at radius 2 is 2.16 bits per heavy atom. The standard InChI is InChI=1S/C14H20Cl2N2O/c1-10(2)18-5-6-19-12(9-18)8-17-11-3-4-13(15)14(16)7-11/h3-4,7,10,12,17H,5-6,8-9H2,1-2H3. The van der Waals surface area contributed by atoms with Crippen LogP contribution in [0.3, 0.4) is 0 Å². The zero-order valence-electron chi connectivity index (χ0n) is 11.3. The van der Waals surface area contributed by atoms with Gasteiger partial charge in [0.1, 0.15) is 0 Å². The van der Waals surface area contributed by atoms with Crippen LogP contribution < -0.4 is 5.32 Å². The zero-order chi connectivity index (χ0) is 13.8. The van der Waals surface area contributed by atoms with Crippen LogP contribution in [0.2, 0.25) is 10.0 Å². The summed E-state index contributed by atoms with van der Waals surface area (Å²) in [6.07, 6.45) is 0.214. The van der Waals surface area contributed by atoms with Gasteiger partial charge in [-0.05, 0) is 32.0 Å². The molecule has 1 aliphatic rings. The van der Waals surface area contributed by atoms with Crippen molar-refractivity contribution in [2.75, 3.05) is 31.6 Å². The summed E-state index contributed by atoms with van der Waals surface area (Å²) in [5.74, 6) is 0. The Morgan fingerprint density at radius 3 is 2.84 bits per heavy atom. The molecule has 5 heteroatoms. The molecule has 1 fully saturated rings. The normalized spacial score (nSPS) is 20.8. The second kappa shape index (κ2) is 6.80. The second-order valence-corrected chi connectivity index (χ2v) is 5.91. The fraction of sp³-hybridized carbons (Fsp3) is 0.571. The molecule has 1 unspecified atom stereocenters. The molecule has 106 valence electrons. The van der Waals surface area contributed by atoms with Crippen LogP contribution in [0.25, 0.3) is 0 Å². The van der Waals surface area contributed by atoms with Crippen molar-refractivity contribution < 1.29 is 4.74 Å². The molecule has 0 radical (unpaired) electrons. The maximum Gasteiger partial charge on any atom is 0.0874 e. The van der Waals surface area contributed by atoms with E-state index in [2.05, 4.69) is 24.1 Å². The molecule has 2 rings (SSSR count). The van der Waals surface area contributed by atoms with Crippen molar-refractivity contribution >= 4 is 28.9 Å². The Bertz CT molecular complexity index is 426. The topological polar surface area (TPSA) is 24.5 Å². The van der Waals surface area contributed by atoms with Gasteiger partial charge in [0.25, 0.3) is 0 Å². The van der Waals surface area contributed by atoms with Gasteiger partial charge in [-0.15, -0.1) is 0 Å². The van der Waals surface area contributed by atoms with E-state index < -0.39 is 0 Å². The highest BCUT2D eigenvalue weighted by atomic mass is 35.5. The van der Waals surface area contributed by atoms with Gasteiger partial charge in [0, 0.05) is 31.4 Å². The number of ether oxygens (including phenoxy) is 1. The second-order valence-electron chi connectivity index (χ2n) is 5.09. The van der Waals surface area contributed by atoms with Crippen LogP contribution in [0.4, 0.5) is 5.69 Å². The van der Waals surface area contributed by atoms with Crippen molar-refractivity contribution in [1.82, 2.24) is 4.90 Å². The highest BCUT2D eigenvalue weighted by Crippen LogP contribution is 2.25. The summed E-state index contributed by atoms with van der Waals surface area (Å²) < 4.78 is 5.77. The monoisotopic (exact) mass is 302 g/mol. The maximum atomic E-state index is 5.99. The van der Waals surface area contributed by atoms with E-state index in [1.807, 2.05) is 12.1 Å². The third-order valence-electron chi connectivity index (χ3n) is 3.35. The number of anilines is 1. The van der Waals surface area contributed by atoms with Crippen LogP contribution >= 0.6 is 23.2 Å². The van der Waals surface area contributed by atoms with Crippen molar-refractivity contribution in [3.63, 3.8) is 0 Å². The third kappa shape index (κ3) is 4.25. The van der Waals surface area contributed by atoms with Gasteiger partial charge in [-0.3, -0.25) is 4.90 Å². The van der Waals surface area contributed by atoms with Gasteiger partial charge in [0.15, 0.2) is 0 Å². The minimum atomic E-state index is 0.214. The van der Waals surface area contributed by atoms with Gasteiger partial charge in [0.2, 0.25) is 0 Å². The molecule has 1 atom stereocenters. The van der Waals surface area contributed by atoms with Gasteiger partial charge in [0.05, 0.1) is 22.8 Å². The predicted molar refractivity (Wildman–Crippen MR) is 81.4 cm³/mol. The van der Waals surface area contributed by atoms with Gasteiger partial charge >= 0.3 is 0 Å². The van der Waals surface area contributed by atoms with E-state index in [9.17, 15) is 0 Å². The summed E-state index contributed by atoms with van der Waals surface area (Å²) >= 11 is 11.9. The lowest BCUT2D eigenvalue weighted by molar-refractivity contribution is -0.0315. The fourth-order valence-corrected chi connectivity index (χ4v) is 2.47. The number of benzene rings is 1. The molecule has 19 heavy (non-hydrogen) atoms. The van der Waals surface area contributed by atoms with E-state index in [0.29, 0.717) is 16.1 Å². The average molecular weight is 303 g/mol. The number of nitrogens with one attached hydrogen (secondary N) is 1. The number of rotatable bonds is 4. The lowest BCUT2D eigenvalue weighted by Crippen LogP contribution is -2.48. The van der Waals surface area contributed by atoms with Gasteiger partial charge in [-0.1, -0.05) is 23.2 Å². The van der Waals surface area contributed by atoms with E-state index in [4.69, 9.17) is 27.9 Å². The van der Waals surface area contributed by atoms with Crippen molar-refractivity contribution in [1.29, 1.82) is 0 Å². The van der Waals surface area contributed by atoms with Crippen LogP contribution in [0, 0.1) is 0 Å². The molecule has 1 heterocycles. The van der Waals surface area contributed by atoms with Crippen LogP contribution in [-0.2, 0) is 4.74 Å². The zero-order valence-corrected chi connectivity index (χ0v) is 12.8. The van der Waals surface area contributed by atoms with Gasteiger partial charge < -0.3 is 10.1 Å². The number of morpholine rings is 1. The van der Waals surface area contributed by atoms with Crippen molar-refractivity contribution in [3.05, 3.63) is 28.2 Å². The first-order chi connectivity index (χ1) is 9.06. The Kier molecular flexibility index (Phi) is 5.34. The molecule has 1 saturated heterocycles. The van der Waals surface area contributed by atoms with Gasteiger partial charge in [-0.2, -0.15) is 0 Å². The molecule has 0 spiro atoms. The summed E-state index contributed by atoms with van der Waals surface area (Å²) in [7, 11) is 0. The Labute approximate surface area is 124 Å².